The molecule has 0 spiro atoms. The molecule has 0 saturated carbocycles. The molecule has 1 N–H and O–H groups in total. The number of carbonyl (C=O) groups is 1. The van der Waals surface area contributed by atoms with Crippen LogP contribution in [0.15, 0.2) is 41.0 Å². The highest BCUT2D eigenvalue weighted by Crippen LogP contribution is 2.22. The molecule has 2 rings (SSSR count). The average Bonchev–Trinajstić information content (AvgIpc) is 3.05. The first kappa shape index (κ1) is 20.2. The highest BCUT2D eigenvalue weighted by Gasteiger charge is 2.23. The van der Waals surface area contributed by atoms with E-state index in [2.05, 4.69) is 5.32 Å². The molecule has 0 unspecified atom stereocenters. The predicted octanol–water partition coefficient (Wildman–Crippen LogP) is 2.37. The van der Waals surface area contributed by atoms with E-state index in [1.165, 1.54) is 11.8 Å². The number of anilines is 1. The van der Waals surface area contributed by atoms with E-state index in [-0.39, 0.29) is 5.69 Å². The fourth-order valence-electron chi connectivity index (χ4n) is 2.08. The van der Waals surface area contributed by atoms with E-state index in [0.29, 0.717) is 28.4 Å². The van der Waals surface area contributed by atoms with Gasteiger partial charge in [-0.3, -0.25) is 9.10 Å². The van der Waals surface area contributed by atoms with Gasteiger partial charge in [-0.25, -0.2) is 17.2 Å². The quantitative estimate of drug-likeness (QED) is 0.649. The summed E-state index contributed by atoms with van der Waals surface area (Å²) in [6.45, 7) is -0.280. The Kier molecular flexibility index (Phi) is 7.04. The average molecular weight is 404 g/mol. The Labute approximate surface area is 154 Å². The molecule has 0 atom stereocenters. The number of rotatable bonds is 9. The molecule has 2 aromatic rings. The van der Waals surface area contributed by atoms with Crippen molar-refractivity contribution >= 4 is 33.4 Å². The Balaban J connectivity index is 1.88. The van der Waals surface area contributed by atoms with E-state index in [4.69, 9.17) is 4.42 Å². The van der Waals surface area contributed by atoms with Crippen molar-refractivity contribution in [2.24, 2.45) is 0 Å². The zero-order valence-electron chi connectivity index (χ0n) is 13.9. The smallest absolute Gasteiger partial charge is 0.240 e. The minimum Gasteiger partial charge on any atom is -0.468 e. The van der Waals surface area contributed by atoms with Gasteiger partial charge >= 0.3 is 0 Å². The van der Waals surface area contributed by atoms with E-state index in [1.54, 1.807) is 12.3 Å². The molecular formula is C16H18F2N2O4S2. The van der Waals surface area contributed by atoms with Gasteiger partial charge in [-0.2, -0.15) is 11.8 Å². The lowest BCUT2D eigenvalue weighted by atomic mass is 10.3. The van der Waals surface area contributed by atoms with E-state index in [0.717, 1.165) is 24.1 Å². The van der Waals surface area contributed by atoms with Crippen molar-refractivity contribution in [1.82, 2.24) is 5.32 Å². The zero-order chi connectivity index (χ0) is 19.2. The fourth-order valence-corrected chi connectivity index (χ4v) is 3.69. The van der Waals surface area contributed by atoms with Crippen LogP contribution in [0.25, 0.3) is 0 Å². The Hall–Kier alpha value is -2.07. The molecule has 0 bridgehead atoms. The lowest BCUT2D eigenvalue weighted by molar-refractivity contribution is -0.119. The van der Waals surface area contributed by atoms with Crippen molar-refractivity contribution in [2.75, 3.05) is 29.4 Å². The summed E-state index contributed by atoms with van der Waals surface area (Å²) in [4.78, 5) is 12.0. The molecule has 0 aliphatic carbocycles. The van der Waals surface area contributed by atoms with Gasteiger partial charge in [0.2, 0.25) is 15.9 Å². The van der Waals surface area contributed by atoms with E-state index >= 15 is 0 Å². The predicted molar refractivity (Wildman–Crippen MR) is 96.4 cm³/mol. The largest absolute Gasteiger partial charge is 0.468 e. The Morgan fingerprint density at radius 3 is 2.69 bits per heavy atom. The van der Waals surface area contributed by atoms with Crippen LogP contribution in [0.3, 0.4) is 0 Å². The van der Waals surface area contributed by atoms with Gasteiger partial charge in [0, 0.05) is 18.4 Å². The van der Waals surface area contributed by atoms with Crippen LogP contribution >= 0.6 is 11.8 Å². The Morgan fingerprint density at radius 2 is 2.08 bits per heavy atom. The number of hydrogen-bond acceptors (Lipinski definition) is 5. The summed E-state index contributed by atoms with van der Waals surface area (Å²) in [7, 11) is -3.92. The second kappa shape index (κ2) is 9.04. The SMILES string of the molecule is CS(=O)(=O)N(CC(=O)NCCSCc1ccco1)c1ccc(F)cc1F. The third kappa shape index (κ3) is 6.03. The van der Waals surface area contributed by atoms with Gasteiger partial charge < -0.3 is 9.73 Å². The molecule has 1 heterocycles. The van der Waals surface area contributed by atoms with Crippen LogP contribution in [0, 0.1) is 11.6 Å². The molecule has 0 radical (unpaired) electrons. The van der Waals surface area contributed by atoms with Gasteiger partial charge in [-0.05, 0) is 24.3 Å². The number of hydrogen-bond donors (Lipinski definition) is 1. The summed E-state index contributed by atoms with van der Waals surface area (Å²) < 4.78 is 56.4. The van der Waals surface area contributed by atoms with Crippen LogP contribution in [-0.2, 0) is 20.6 Å². The second-order valence-corrected chi connectivity index (χ2v) is 8.36. The molecule has 0 fully saturated rings. The monoisotopic (exact) mass is 404 g/mol. The maximum Gasteiger partial charge on any atom is 0.240 e. The van der Waals surface area contributed by atoms with E-state index in [9.17, 15) is 22.0 Å². The number of amides is 1. The van der Waals surface area contributed by atoms with Crippen molar-refractivity contribution in [3.63, 3.8) is 0 Å². The van der Waals surface area contributed by atoms with Crippen molar-refractivity contribution in [2.45, 2.75) is 5.75 Å². The van der Waals surface area contributed by atoms with Gasteiger partial charge in [0.25, 0.3) is 0 Å². The Morgan fingerprint density at radius 1 is 1.31 bits per heavy atom. The molecule has 1 amide bonds. The summed E-state index contributed by atoms with van der Waals surface area (Å²) in [6.07, 6.45) is 2.42. The second-order valence-electron chi connectivity index (χ2n) is 5.35. The zero-order valence-corrected chi connectivity index (χ0v) is 15.6. The highest BCUT2D eigenvalue weighted by atomic mass is 32.2. The van der Waals surface area contributed by atoms with Gasteiger partial charge in [0.05, 0.1) is 24.0 Å². The molecule has 0 saturated heterocycles. The summed E-state index contributed by atoms with van der Waals surface area (Å²) in [5, 5.41) is 2.57. The molecule has 142 valence electrons. The third-order valence-electron chi connectivity index (χ3n) is 3.26. The summed E-state index contributed by atoms with van der Waals surface area (Å²) in [5.41, 5.74) is -0.378. The first-order chi connectivity index (χ1) is 12.3. The molecule has 0 aliphatic rings. The number of thioether (sulfide) groups is 1. The van der Waals surface area contributed by atoms with Gasteiger partial charge in [-0.1, -0.05) is 0 Å². The number of benzene rings is 1. The minimum absolute atomic E-state index is 0.313. The summed E-state index contributed by atoms with van der Waals surface area (Å²) in [6, 6.07) is 6.10. The molecule has 1 aromatic heterocycles. The number of nitrogens with zero attached hydrogens (tertiary/aromatic N) is 1. The van der Waals surface area contributed by atoms with Crippen molar-refractivity contribution in [3.05, 3.63) is 54.0 Å². The van der Waals surface area contributed by atoms with Crippen LogP contribution in [0.1, 0.15) is 5.76 Å². The fraction of sp³-hybridized carbons (Fsp3) is 0.312. The van der Waals surface area contributed by atoms with Crippen LogP contribution in [0.2, 0.25) is 0 Å². The van der Waals surface area contributed by atoms with Crippen molar-refractivity contribution in [1.29, 1.82) is 0 Å². The number of nitrogens with one attached hydrogen (secondary N) is 1. The first-order valence-electron chi connectivity index (χ1n) is 7.57. The number of furan rings is 1. The van der Waals surface area contributed by atoms with Gasteiger partial charge in [0.1, 0.15) is 23.9 Å². The maximum absolute atomic E-state index is 13.9. The van der Waals surface area contributed by atoms with E-state index < -0.39 is 34.1 Å². The molecule has 6 nitrogen and oxygen atoms in total. The summed E-state index contributed by atoms with van der Waals surface area (Å²) >= 11 is 1.54. The van der Waals surface area contributed by atoms with Crippen LogP contribution in [0.5, 0.6) is 0 Å². The molecule has 1 aromatic carbocycles. The lowest BCUT2D eigenvalue weighted by Crippen LogP contribution is -2.41. The van der Waals surface area contributed by atoms with Crippen molar-refractivity contribution in [3.8, 4) is 0 Å². The van der Waals surface area contributed by atoms with E-state index in [1.807, 2.05) is 6.07 Å². The van der Waals surface area contributed by atoms with Crippen LogP contribution in [0.4, 0.5) is 14.5 Å². The first-order valence-corrected chi connectivity index (χ1v) is 10.6. The summed E-state index contributed by atoms with van der Waals surface area (Å²) in [5.74, 6) is -0.418. The molecule has 26 heavy (non-hydrogen) atoms. The van der Waals surface area contributed by atoms with Gasteiger partial charge in [-0.15, -0.1) is 0 Å². The maximum atomic E-state index is 13.9. The number of sulfonamides is 1. The Bertz CT molecular complexity index is 842. The van der Waals surface area contributed by atoms with Crippen LogP contribution in [-0.4, -0.2) is 39.4 Å². The van der Waals surface area contributed by atoms with Crippen LogP contribution < -0.4 is 9.62 Å². The lowest BCUT2D eigenvalue weighted by Gasteiger charge is -2.22. The molecular weight excluding hydrogens is 386 g/mol. The normalized spacial score (nSPS) is 11.3. The third-order valence-corrected chi connectivity index (χ3v) is 5.37. The molecule has 0 aliphatic heterocycles. The topological polar surface area (TPSA) is 79.6 Å². The minimum atomic E-state index is -3.92. The molecule has 10 heteroatoms. The standard InChI is InChI=1S/C16H18F2N2O4S2/c1-26(22,23)20(15-5-4-12(17)9-14(15)18)10-16(21)19-6-8-25-11-13-3-2-7-24-13/h2-5,7,9H,6,8,10-11H2,1H3,(H,19,21). The highest BCUT2D eigenvalue weighted by molar-refractivity contribution is 7.98. The van der Waals surface area contributed by atoms with Gasteiger partial charge in [0.15, 0.2) is 0 Å². The van der Waals surface area contributed by atoms with Crippen molar-refractivity contribution < 1.29 is 26.4 Å². The number of halogens is 2. The number of carbonyl (C=O) groups excluding carboxylic acids is 1.